The molecular weight excluding hydrogens is 281 g/mol. The largest absolute Gasteiger partial charge is 0.493 e. The molecule has 0 fully saturated rings. The molecule has 2 aromatic rings. The van der Waals surface area contributed by atoms with Crippen molar-refractivity contribution in [2.24, 2.45) is 0 Å². The molecule has 0 aliphatic heterocycles. The molecule has 0 aliphatic carbocycles. The molecule has 1 heterocycles. The number of methoxy groups -OCH3 is 2. The van der Waals surface area contributed by atoms with Crippen molar-refractivity contribution >= 4 is 56.9 Å². The van der Waals surface area contributed by atoms with E-state index in [1.807, 2.05) is 0 Å². The number of nitrogens with one attached hydrogen (secondary N) is 1. The summed E-state index contributed by atoms with van der Waals surface area (Å²) in [6, 6.07) is 5.28. The Labute approximate surface area is 135 Å². The fourth-order valence-corrected chi connectivity index (χ4v) is 2.50. The van der Waals surface area contributed by atoms with Crippen molar-refractivity contribution in [1.29, 1.82) is 0 Å². The maximum Gasteiger partial charge on any atom is 0.284 e. The van der Waals surface area contributed by atoms with E-state index in [2.05, 4.69) is 0 Å². The molecule has 2 rings (SSSR count). The molecule has 0 unspecified atom stereocenters. The second-order valence-electron chi connectivity index (χ2n) is 3.30. The maximum absolute atomic E-state index is 11.3. The summed E-state index contributed by atoms with van der Waals surface area (Å²) in [5.74, 6) is 0.690. The van der Waals surface area contributed by atoms with Crippen molar-refractivity contribution in [2.75, 3.05) is 14.2 Å². The second-order valence-corrected chi connectivity index (χ2v) is 4.38. The van der Waals surface area contributed by atoms with Crippen LogP contribution >= 0.6 is 11.3 Å². The number of hydrogen-bond acceptors (Lipinski definition) is 5. The van der Waals surface area contributed by atoms with Gasteiger partial charge in [0.15, 0.2) is 11.5 Å². The van der Waals surface area contributed by atoms with Gasteiger partial charge in [0, 0.05) is 40.3 Å². The van der Waals surface area contributed by atoms with Crippen molar-refractivity contribution in [3.63, 3.8) is 0 Å². The average molecular weight is 294 g/mol. The third-order valence-corrected chi connectivity index (χ3v) is 3.44. The van der Waals surface area contributed by atoms with E-state index < -0.39 is 5.91 Å². The summed E-state index contributed by atoms with van der Waals surface area (Å²) >= 11 is 1.27. The van der Waals surface area contributed by atoms with E-state index >= 15 is 0 Å². The van der Waals surface area contributed by atoms with Gasteiger partial charge in [-0.2, -0.15) is 0 Å². The van der Waals surface area contributed by atoms with Gasteiger partial charge < -0.3 is 14.9 Å². The van der Waals surface area contributed by atoms with Crippen LogP contribution in [0.4, 0.5) is 0 Å². The summed E-state index contributed by atoms with van der Waals surface area (Å²) in [7, 11) is 3.11. The molecule has 4 N–H and O–H groups in total. The summed E-state index contributed by atoms with van der Waals surface area (Å²) in [4.78, 5) is 11.7. The first-order valence-corrected chi connectivity index (χ1v) is 5.61. The van der Waals surface area contributed by atoms with Gasteiger partial charge in [0.25, 0.3) is 5.91 Å². The molecular formula is C11H13NNaO5S. The van der Waals surface area contributed by atoms with E-state index in [1.54, 1.807) is 37.9 Å². The zero-order chi connectivity index (χ0) is 12.4. The van der Waals surface area contributed by atoms with Gasteiger partial charge in [0.1, 0.15) is 0 Å². The molecule has 0 bridgehead atoms. The van der Waals surface area contributed by atoms with Gasteiger partial charge in [-0.3, -0.25) is 10.0 Å². The zero-order valence-corrected chi connectivity index (χ0v) is 13.6. The fraction of sp³-hybridized carbons (Fsp3) is 0.182. The zero-order valence-electron chi connectivity index (χ0n) is 10.8. The second kappa shape index (κ2) is 7.68. The van der Waals surface area contributed by atoms with Crippen LogP contribution in [0.25, 0.3) is 10.1 Å². The summed E-state index contributed by atoms with van der Waals surface area (Å²) in [6.45, 7) is 0. The number of carbonyl (C=O) groups is 1. The van der Waals surface area contributed by atoms with Gasteiger partial charge in [-0.15, -0.1) is 11.3 Å². The Morgan fingerprint density at radius 2 is 1.79 bits per heavy atom. The molecule has 99 valence electrons. The van der Waals surface area contributed by atoms with Crippen LogP contribution < -0.4 is 15.0 Å². The molecule has 0 aliphatic rings. The van der Waals surface area contributed by atoms with E-state index in [9.17, 15) is 4.79 Å². The number of fused-ring (bicyclic) bond motifs is 1. The smallest absolute Gasteiger partial charge is 0.284 e. The number of hydrogen-bond donors (Lipinski definition) is 2. The van der Waals surface area contributed by atoms with Crippen molar-refractivity contribution in [2.45, 2.75) is 0 Å². The third-order valence-electron chi connectivity index (χ3n) is 2.35. The number of hydroxylamine groups is 1. The summed E-state index contributed by atoms with van der Waals surface area (Å²) in [5, 5.41) is 9.44. The van der Waals surface area contributed by atoms with Crippen LogP contribution in [0.5, 0.6) is 11.5 Å². The van der Waals surface area contributed by atoms with Crippen LogP contribution in [0.2, 0.25) is 0 Å². The van der Waals surface area contributed by atoms with Crippen molar-refractivity contribution in [3.05, 3.63) is 23.1 Å². The Bertz CT molecular complexity index is 530. The average Bonchev–Trinajstić information content (AvgIpc) is 2.78. The number of rotatable bonds is 3. The third kappa shape index (κ3) is 3.59. The van der Waals surface area contributed by atoms with E-state index in [4.69, 9.17) is 14.7 Å². The molecule has 1 aromatic heterocycles. The molecule has 8 heteroatoms. The molecule has 1 aromatic carbocycles. The van der Waals surface area contributed by atoms with Gasteiger partial charge in [-0.05, 0) is 17.5 Å². The minimum Gasteiger partial charge on any atom is -0.493 e. The Morgan fingerprint density at radius 3 is 2.32 bits per heavy atom. The van der Waals surface area contributed by atoms with E-state index in [0.29, 0.717) is 16.4 Å². The molecule has 19 heavy (non-hydrogen) atoms. The van der Waals surface area contributed by atoms with E-state index in [0.717, 1.165) is 10.1 Å². The number of carbonyl (C=O) groups excluding carboxylic acids is 1. The first-order valence-electron chi connectivity index (χ1n) is 4.79. The Kier molecular flexibility index (Phi) is 7.35. The topological polar surface area (TPSA) is 99.3 Å². The van der Waals surface area contributed by atoms with Crippen molar-refractivity contribution < 1.29 is 25.0 Å². The minimum absolute atomic E-state index is 0. The van der Waals surface area contributed by atoms with Crippen LogP contribution in [-0.4, -0.2) is 60.4 Å². The first kappa shape index (κ1) is 18.2. The predicted octanol–water partition coefficient (Wildman–Crippen LogP) is 0.832. The quantitative estimate of drug-likeness (QED) is 0.497. The predicted molar refractivity (Wildman–Crippen MR) is 73.5 cm³/mol. The van der Waals surface area contributed by atoms with Crippen LogP contribution in [0.1, 0.15) is 9.67 Å². The summed E-state index contributed by atoms with van der Waals surface area (Å²) < 4.78 is 11.2. The Balaban J connectivity index is 0.00000162. The number of amides is 1. The van der Waals surface area contributed by atoms with Crippen LogP contribution in [-0.2, 0) is 0 Å². The monoisotopic (exact) mass is 294 g/mol. The summed E-state index contributed by atoms with van der Waals surface area (Å²) in [6.07, 6.45) is 0. The Hall–Kier alpha value is -0.830. The normalized spacial score (nSPS) is 9.21. The molecule has 0 saturated heterocycles. The molecule has 0 spiro atoms. The summed E-state index contributed by atoms with van der Waals surface area (Å²) in [5.41, 5.74) is 1.61. The van der Waals surface area contributed by atoms with Gasteiger partial charge in [0.05, 0.1) is 19.1 Å². The van der Waals surface area contributed by atoms with E-state index in [1.165, 1.54) is 11.3 Å². The number of ether oxygens (including phenoxy) is 2. The molecule has 6 nitrogen and oxygen atoms in total. The minimum atomic E-state index is -0.524. The standard InChI is InChI=1S/C11H11NO4S.Na.H2O/c1-15-7-3-6-4-10(11(13)12-14)17-9(6)5-8(7)16-2;;/h3-5,14H,1-2H3,(H,12,13);;1H2. The maximum atomic E-state index is 11.3. The van der Waals surface area contributed by atoms with Crippen LogP contribution in [0.15, 0.2) is 18.2 Å². The van der Waals surface area contributed by atoms with Gasteiger partial charge in [0.2, 0.25) is 0 Å². The molecule has 1 radical (unpaired) electrons. The van der Waals surface area contributed by atoms with Crippen LogP contribution in [0.3, 0.4) is 0 Å². The molecule has 0 saturated carbocycles. The first-order chi connectivity index (χ1) is 8.19. The SMILES string of the molecule is COc1cc2cc(C(=O)NO)sc2cc1OC.O.[Na]. The van der Waals surface area contributed by atoms with Crippen molar-refractivity contribution in [3.8, 4) is 11.5 Å². The van der Waals surface area contributed by atoms with Gasteiger partial charge in [-0.1, -0.05) is 0 Å². The molecule has 0 atom stereocenters. The fourth-order valence-electron chi connectivity index (χ4n) is 1.53. The number of thiophene rings is 1. The van der Waals surface area contributed by atoms with Gasteiger partial charge in [-0.25, -0.2) is 5.48 Å². The van der Waals surface area contributed by atoms with Crippen LogP contribution in [0, 0.1) is 0 Å². The Morgan fingerprint density at radius 1 is 1.21 bits per heavy atom. The van der Waals surface area contributed by atoms with E-state index in [-0.39, 0.29) is 35.0 Å². The van der Waals surface area contributed by atoms with Crippen molar-refractivity contribution in [1.82, 2.24) is 5.48 Å². The molecule has 1 amide bonds. The van der Waals surface area contributed by atoms with Gasteiger partial charge >= 0.3 is 0 Å². The number of benzene rings is 1.